The Kier molecular flexibility index (Phi) is 5.77. The largest absolute Gasteiger partial charge is 0.504 e. The summed E-state index contributed by atoms with van der Waals surface area (Å²) in [6.07, 6.45) is 1.57. The summed E-state index contributed by atoms with van der Waals surface area (Å²) < 4.78 is 15.1. The van der Waals surface area contributed by atoms with Crippen molar-refractivity contribution >= 4 is 34.6 Å². The SMILES string of the molecule is O=C(NCc1ccc(F)cc1)c1nc(N2CCNCCS2)c2cccnc2c1O. The van der Waals surface area contributed by atoms with Crippen LogP contribution in [-0.4, -0.2) is 46.4 Å². The fraction of sp³-hybridized carbons (Fsp3) is 0.250. The number of pyridine rings is 2. The first-order valence-electron chi connectivity index (χ1n) is 9.25. The number of fused-ring (bicyclic) bond motifs is 1. The van der Waals surface area contributed by atoms with Crippen molar-refractivity contribution < 1.29 is 14.3 Å². The highest BCUT2D eigenvalue weighted by Crippen LogP contribution is 2.35. The van der Waals surface area contributed by atoms with Gasteiger partial charge in [-0.25, -0.2) is 9.37 Å². The van der Waals surface area contributed by atoms with Gasteiger partial charge in [0.25, 0.3) is 5.91 Å². The van der Waals surface area contributed by atoms with E-state index < -0.39 is 5.91 Å². The number of hydrogen-bond donors (Lipinski definition) is 3. The number of aromatic hydroxyl groups is 1. The van der Waals surface area contributed by atoms with Gasteiger partial charge >= 0.3 is 0 Å². The Morgan fingerprint density at radius 2 is 2.10 bits per heavy atom. The van der Waals surface area contributed by atoms with Crippen LogP contribution >= 0.6 is 11.9 Å². The molecule has 0 radical (unpaired) electrons. The molecule has 1 saturated heterocycles. The van der Waals surface area contributed by atoms with E-state index in [1.54, 1.807) is 36.3 Å². The van der Waals surface area contributed by atoms with Gasteiger partial charge in [-0.05, 0) is 41.8 Å². The lowest BCUT2D eigenvalue weighted by Crippen LogP contribution is -2.27. The van der Waals surface area contributed by atoms with Gasteiger partial charge in [0.05, 0.1) is 0 Å². The topological polar surface area (TPSA) is 90.4 Å². The van der Waals surface area contributed by atoms with Crippen LogP contribution in [0.5, 0.6) is 5.75 Å². The summed E-state index contributed by atoms with van der Waals surface area (Å²) in [6.45, 7) is 2.59. The van der Waals surface area contributed by atoms with E-state index in [9.17, 15) is 14.3 Å². The molecule has 1 amide bonds. The second-order valence-electron chi connectivity index (χ2n) is 6.53. The third-order valence-electron chi connectivity index (χ3n) is 4.55. The van der Waals surface area contributed by atoms with Crippen LogP contribution in [-0.2, 0) is 6.54 Å². The van der Waals surface area contributed by atoms with Crippen molar-refractivity contribution in [1.29, 1.82) is 0 Å². The minimum absolute atomic E-state index is 0.0777. The monoisotopic (exact) mass is 413 g/mol. The number of amides is 1. The van der Waals surface area contributed by atoms with Gasteiger partial charge in [0.2, 0.25) is 0 Å². The molecule has 3 aromatic rings. The highest BCUT2D eigenvalue weighted by atomic mass is 32.2. The first kappa shape index (κ1) is 19.4. The zero-order chi connectivity index (χ0) is 20.2. The highest BCUT2D eigenvalue weighted by Gasteiger charge is 2.23. The summed E-state index contributed by atoms with van der Waals surface area (Å²) in [6, 6.07) is 9.47. The molecule has 150 valence electrons. The number of nitrogens with one attached hydrogen (secondary N) is 2. The van der Waals surface area contributed by atoms with E-state index in [4.69, 9.17) is 0 Å². The fourth-order valence-electron chi connectivity index (χ4n) is 3.09. The Morgan fingerprint density at radius 1 is 1.28 bits per heavy atom. The van der Waals surface area contributed by atoms with Crippen molar-refractivity contribution in [2.75, 3.05) is 29.7 Å². The number of carbonyl (C=O) groups excluding carboxylic acids is 1. The number of nitrogens with zero attached hydrogens (tertiary/aromatic N) is 3. The maximum atomic E-state index is 13.1. The lowest BCUT2D eigenvalue weighted by atomic mass is 10.2. The zero-order valence-electron chi connectivity index (χ0n) is 15.6. The van der Waals surface area contributed by atoms with Crippen molar-refractivity contribution in [3.8, 4) is 5.75 Å². The minimum Gasteiger partial charge on any atom is -0.504 e. The maximum Gasteiger partial charge on any atom is 0.274 e. The molecule has 0 saturated carbocycles. The summed E-state index contributed by atoms with van der Waals surface area (Å²) in [7, 11) is 0. The molecule has 4 rings (SSSR count). The highest BCUT2D eigenvalue weighted by molar-refractivity contribution is 8.00. The Bertz CT molecular complexity index is 1020. The molecule has 3 N–H and O–H groups in total. The molecule has 0 unspecified atom stereocenters. The molecule has 1 aliphatic rings. The Labute approximate surface area is 171 Å². The minimum atomic E-state index is -0.515. The summed E-state index contributed by atoms with van der Waals surface area (Å²) in [4.78, 5) is 21.6. The maximum absolute atomic E-state index is 13.1. The standard InChI is InChI=1S/C20H20FN5O2S/c21-14-5-3-13(4-6-14)12-24-20(28)17-18(27)16-15(2-1-7-23-16)19(25-17)26-10-8-22-9-11-29-26/h1-7,22,27H,8-12H2,(H,24,28). The molecule has 0 aliphatic carbocycles. The summed E-state index contributed by atoms with van der Waals surface area (Å²) >= 11 is 1.62. The average molecular weight is 413 g/mol. The molecule has 0 atom stereocenters. The van der Waals surface area contributed by atoms with Gasteiger partial charge in [0, 0.05) is 43.5 Å². The molecular formula is C20H20FN5O2S. The molecule has 1 aromatic carbocycles. The number of aromatic nitrogens is 2. The molecule has 0 bridgehead atoms. The van der Waals surface area contributed by atoms with Crippen LogP contribution in [0.4, 0.5) is 10.2 Å². The number of carbonyl (C=O) groups is 1. The van der Waals surface area contributed by atoms with Crippen LogP contribution < -0.4 is 14.9 Å². The predicted molar refractivity (Wildman–Crippen MR) is 111 cm³/mol. The van der Waals surface area contributed by atoms with E-state index >= 15 is 0 Å². The van der Waals surface area contributed by atoms with E-state index in [1.165, 1.54) is 12.1 Å². The van der Waals surface area contributed by atoms with Crippen molar-refractivity contribution in [2.45, 2.75) is 6.54 Å². The second-order valence-corrected chi connectivity index (χ2v) is 7.63. The van der Waals surface area contributed by atoms with Crippen LogP contribution in [0, 0.1) is 5.82 Å². The smallest absolute Gasteiger partial charge is 0.274 e. The third kappa shape index (κ3) is 4.25. The molecule has 1 fully saturated rings. The first-order valence-corrected chi connectivity index (χ1v) is 10.2. The van der Waals surface area contributed by atoms with Gasteiger partial charge in [-0.3, -0.25) is 14.1 Å². The van der Waals surface area contributed by atoms with Crippen LogP contribution in [0.15, 0.2) is 42.6 Å². The lowest BCUT2D eigenvalue weighted by molar-refractivity contribution is 0.0943. The number of rotatable bonds is 4. The fourth-order valence-corrected chi connectivity index (χ4v) is 4.03. The summed E-state index contributed by atoms with van der Waals surface area (Å²) in [5, 5.41) is 17.4. The average Bonchev–Trinajstić information content (AvgIpc) is 3.03. The van der Waals surface area contributed by atoms with Crippen molar-refractivity contribution in [1.82, 2.24) is 20.6 Å². The van der Waals surface area contributed by atoms with Crippen molar-refractivity contribution in [2.24, 2.45) is 0 Å². The Balaban J connectivity index is 1.66. The number of benzene rings is 1. The van der Waals surface area contributed by atoms with Crippen LogP contribution in [0.25, 0.3) is 10.9 Å². The van der Waals surface area contributed by atoms with Gasteiger partial charge in [0.1, 0.15) is 17.2 Å². The van der Waals surface area contributed by atoms with Gasteiger partial charge in [-0.15, -0.1) is 0 Å². The van der Waals surface area contributed by atoms with Gasteiger partial charge < -0.3 is 15.7 Å². The van der Waals surface area contributed by atoms with Crippen molar-refractivity contribution in [3.05, 3.63) is 59.7 Å². The quantitative estimate of drug-likeness (QED) is 0.566. The van der Waals surface area contributed by atoms with Crippen LogP contribution in [0.1, 0.15) is 16.1 Å². The van der Waals surface area contributed by atoms with Gasteiger partial charge in [-0.1, -0.05) is 12.1 Å². The third-order valence-corrected chi connectivity index (χ3v) is 5.60. The zero-order valence-corrected chi connectivity index (χ0v) is 16.4. The number of anilines is 1. The molecule has 2 aromatic heterocycles. The van der Waals surface area contributed by atoms with Crippen LogP contribution in [0.3, 0.4) is 0 Å². The van der Waals surface area contributed by atoms with E-state index in [1.807, 2.05) is 10.4 Å². The normalized spacial score (nSPS) is 14.6. The van der Waals surface area contributed by atoms with Crippen LogP contribution in [0.2, 0.25) is 0 Å². The second kappa shape index (κ2) is 8.62. The molecule has 0 spiro atoms. The lowest BCUT2D eigenvalue weighted by Gasteiger charge is -2.22. The van der Waals surface area contributed by atoms with E-state index in [2.05, 4.69) is 20.6 Å². The number of halogens is 1. The molecule has 3 heterocycles. The van der Waals surface area contributed by atoms with E-state index in [0.29, 0.717) is 23.3 Å². The number of hydrogen-bond acceptors (Lipinski definition) is 7. The van der Waals surface area contributed by atoms with Gasteiger partial charge in [-0.2, -0.15) is 0 Å². The molecule has 7 nitrogen and oxygen atoms in total. The van der Waals surface area contributed by atoms with E-state index in [-0.39, 0.29) is 23.8 Å². The Morgan fingerprint density at radius 3 is 2.93 bits per heavy atom. The van der Waals surface area contributed by atoms with Crippen molar-refractivity contribution in [3.63, 3.8) is 0 Å². The molecule has 1 aliphatic heterocycles. The first-order chi connectivity index (χ1) is 14.1. The van der Waals surface area contributed by atoms with Gasteiger partial charge in [0.15, 0.2) is 11.4 Å². The van der Waals surface area contributed by atoms with E-state index in [0.717, 1.165) is 24.4 Å². The molecular weight excluding hydrogens is 393 g/mol. The summed E-state index contributed by atoms with van der Waals surface area (Å²) in [5.74, 6) is 0.370. The molecule has 9 heteroatoms. The molecule has 29 heavy (non-hydrogen) atoms. The predicted octanol–water partition coefficient (Wildman–Crippen LogP) is 2.46. The Hall–Kier alpha value is -2.91. The summed E-state index contributed by atoms with van der Waals surface area (Å²) in [5.41, 5.74) is 1.00.